The van der Waals surface area contributed by atoms with Crippen molar-refractivity contribution in [1.82, 2.24) is 9.80 Å². The number of benzene rings is 2. The number of rotatable bonds is 5. The molecular formula is C27H33F3N2O4. The molecular weight excluding hydrogens is 473 g/mol. The van der Waals surface area contributed by atoms with E-state index in [9.17, 15) is 32.3 Å². The lowest BCUT2D eigenvalue weighted by atomic mass is 9.74. The lowest BCUT2D eigenvalue weighted by molar-refractivity contribution is -0.173. The minimum Gasteiger partial charge on any atom is -0.277 e. The fourth-order valence-electron chi connectivity index (χ4n) is 4.29. The van der Waals surface area contributed by atoms with E-state index in [1.807, 2.05) is 6.92 Å². The van der Waals surface area contributed by atoms with Gasteiger partial charge in [0.05, 0.1) is 22.3 Å². The summed E-state index contributed by atoms with van der Waals surface area (Å²) in [5.41, 5.74) is -3.15. The van der Waals surface area contributed by atoms with Crippen molar-refractivity contribution in [2.75, 3.05) is 13.6 Å². The molecule has 0 spiro atoms. The number of fused-ring (bicyclic) bond motifs is 2. The molecule has 0 saturated heterocycles. The third-order valence-corrected chi connectivity index (χ3v) is 6.52. The fraction of sp³-hybridized carbons (Fsp3) is 0.407. The first-order chi connectivity index (χ1) is 15.4. The van der Waals surface area contributed by atoms with Gasteiger partial charge in [-0.15, -0.1) is 0 Å². The smallest absolute Gasteiger partial charge is 0.277 e. The first-order valence-corrected chi connectivity index (χ1v) is 10.5. The average molecular weight is 507 g/mol. The second-order valence-corrected chi connectivity index (χ2v) is 8.43. The molecule has 2 aliphatic heterocycles. The molecule has 36 heavy (non-hydrogen) atoms. The molecule has 4 amide bonds. The Labute approximate surface area is 210 Å². The van der Waals surface area contributed by atoms with Gasteiger partial charge >= 0.3 is 6.18 Å². The number of carbonyl (C=O) groups is 4. The van der Waals surface area contributed by atoms with E-state index in [4.69, 9.17) is 0 Å². The number of hydrogen-bond acceptors (Lipinski definition) is 4. The van der Waals surface area contributed by atoms with Crippen LogP contribution in [0.3, 0.4) is 0 Å². The maximum atomic E-state index is 14.5. The van der Waals surface area contributed by atoms with Crippen molar-refractivity contribution in [1.29, 1.82) is 0 Å². The van der Waals surface area contributed by atoms with Crippen LogP contribution in [0.15, 0.2) is 36.4 Å². The summed E-state index contributed by atoms with van der Waals surface area (Å²) in [6.07, 6.45) is -3.46. The van der Waals surface area contributed by atoms with E-state index in [1.165, 1.54) is 31.3 Å². The van der Waals surface area contributed by atoms with Crippen LogP contribution in [0.1, 0.15) is 102 Å². The van der Waals surface area contributed by atoms with Crippen molar-refractivity contribution < 1.29 is 32.3 Å². The molecule has 0 fully saturated rings. The maximum Gasteiger partial charge on any atom is 0.402 e. The van der Waals surface area contributed by atoms with Gasteiger partial charge in [0.1, 0.15) is 5.41 Å². The normalized spacial score (nSPS) is 16.1. The van der Waals surface area contributed by atoms with E-state index in [1.54, 1.807) is 0 Å². The molecule has 0 aromatic heterocycles. The van der Waals surface area contributed by atoms with Crippen LogP contribution in [0.25, 0.3) is 0 Å². The summed E-state index contributed by atoms with van der Waals surface area (Å²) in [7, 11) is 1.26. The zero-order valence-corrected chi connectivity index (χ0v) is 18.2. The van der Waals surface area contributed by atoms with Gasteiger partial charge in [0, 0.05) is 13.6 Å². The predicted molar refractivity (Wildman–Crippen MR) is 132 cm³/mol. The zero-order chi connectivity index (χ0) is 24.3. The van der Waals surface area contributed by atoms with Crippen LogP contribution in [-0.4, -0.2) is 53.2 Å². The number of nitrogens with zero attached hydrogens (tertiary/aromatic N) is 2. The Morgan fingerprint density at radius 3 is 1.61 bits per heavy atom. The van der Waals surface area contributed by atoms with Crippen molar-refractivity contribution >= 4 is 23.6 Å². The molecule has 2 aromatic rings. The van der Waals surface area contributed by atoms with E-state index in [0.717, 1.165) is 35.3 Å². The van der Waals surface area contributed by atoms with Crippen LogP contribution in [-0.2, 0) is 5.41 Å². The predicted octanol–water partition coefficient (Wildman–Crippen LogP) is 6.09. The van der Waals surface area contributed by atoms with Gasteiger partial charge in [-0.3, -0.25) is 29.0 Å². The summed E-state index contributed by atoms with van der Waals surface area (Å²) < 4.78 is 43.6. The summed E-state index contributed by atoms with van der Waals surface area (Å²) >= 11 is 0. The second-order valence-electron chi connectivity index (χ2n) is 8.43. The van der Waals surface area contributed by atoms with Gasteiger partial charge in [0.25, 0.3) is 23.6 Å². The molecule has 0 N–H and O–H groups in total. The van der Waals surface area contributed by atoms with Crippen molar-refractivity contribution in [3.63, 3.8) is 0 Å². The second kappa shape index (κ2) is 10.2. The molecule has 0 radical (unpaired) electrons. The van der Waals surface area contributed by atoms with E-state index in [0.29, 0.717) is 6.42 Å². The zero-order valence-electron chi connectivity index (χ0n) is 18.2. The van der Waals surface area contributed by atoms with E-state index in [-0.39, 0.29) is 62.2 Å². The molecule has 6 nitrogen and oxygen atoms in total. The highest BCUT2D eigenvalue weighted by Crippen LogP contribution is 2.47. The molecule has 0 bridgehead atoms. The minimum atomic E-state index is -4.80. The lowest BCUT2D eigenvalue weighted by Gasteiger charge is -2.33. The van der Waals surface area contributed by atoms with Crippen LogP contribution < -0.4 is 0 Å². The summed E-state index contributed by atoms with van der Waals surface area (Å²) in [4.78, 5) is 51.8. The molecule has 2 aromatic carbocycles. The summed E-state index contributed by atoms with van der Waals surface area (Å²) in [6.45, 7) is 3.05. The van der Waals surface area contributed by atoms with E-state index >= 15 is 0 Å². The molecule has 2 aliphatic rings. The van der Waals surface area contributed by atoms with Crippen molar-refractivity contribution in [3.8, 4) is 0 Å². The summed E-state index contributed by atoms with van der Waals surface area (Å²) in [5.74, 6) is -2.40. The molecule has 1 atom stereocenters. The third kappa shape index (κ3) is 4.20. The Balaban J connectivity index is 0.00000216. The maximum absolute atomic E-state index is 14.5. The van der Waals surface area contributed by atoms with Gasteiger partial charge < -0.3 is 0 Å². The van der Waals surface area contributed by atoms with Crippen molar-refractivity contribution in [3.05, 3.63) is 69.8 Å². The van der Waals surface area contributed by atoms with Gasteiger partial charge in [0.2, 0.25) is 0 Å². The van der Waals surface area contributed by atoms with Crippen LogP contribution in [0.4, 0.5) is 13.2 Å². The first-order valence-electron chi connectivity index (χ1n) is 10.5. The highest BCUT2D eigenvalue weighted by Gasteiger charge is 2.54. The summed E-state index contributed by atoms with van der Waals surface area (Å²) in [6, 6.07) is 7.02. The van der Waals surface area contributed by atoms with Crippen LogP contribution in [0, 0.1) is 0 Å². The molecule has 4 rings (SSSR count). The number of amides is 4. The number of imide groups is 2. The molecule has 0 aliphatic carbocycles. The Hall–Kier alpha value is -3.49. The highest BCUT2D eigenvalue weighted by molar-refractivity contribution is 6.22. The number of carbonyl (C=O) groups excluding carboxylic acids is 4. The Kier molecular flexibility index (Phi) is 8.69. The van der Waals surface area contributed by atoms with Crippen LogP contribution >= 0.6 is 0 Å². The third-order valence-electron chi connectivity index (χ3n) is 6.52. The first kappa shape index (κ1) is 30.5. The van der Waals surface area contributed by atoms with E-state index in [2.05, 4.69) is 0 Å². The van der Waals surface area contributed by atoms with E-state index < -0.39 is 35.2 Å². The van der Waals surface area contributed by atoms with Gasteiger partial charge in [-0.2, -0.15) is 13.2 Å². The van der Waals surface area contributed by atoms with Gasteiger partial charge in [0.15, 0.2) is 0 Å². The largest absolute Gasteiger partial charge is 0.402 e. The number of alkyl halides is 3. The standard InChI is InChI=1S/C24H21F3N2O4.3CH4/c1-4-5-10-29-21(32)16-9-7-14(12-18(16)22(29)33)23(2,24(25,26)27)13-6-8-15-17(11-13)20(31)28(3)19(15)30;;;/h6-9,11-12H,4-5,10H2,1-3H3;3*1H4. The number of halogens is 3. The Morgan fingerprint density at radius 2 is 1.14 bits per heavy atom. The minimum absolute atomic E-state index is 0. The van der Waals surface area contributed by atoms with Gasteiger partial charge in [-0.1, -0.05) is 47.8 Å². The lowest BCUT2D eigenvalue weighted by Crippen LogP contribution is -2.41. The number of unbranched alkanes of at least 4 members (excludes halogenated alkanes) is 1. The highest BCUT2D eigenvalue weighted by atomic mass is 19.4. The molecule has 196 valence electrons. The van der Waals surface area contributed by atoms with Crippen molar-refractivity contribution in [2.45, 2.75) is 60.6 Å². The summed E-state index contributed by atoms with van der Waals surface area (Å²) in [5, 5.41) is 0. The Morgan fingerprint density at radius 1 is 0.722 bits per heavy atom. The Bertz CT molecular complexity index is 1220. The molecule has 9 heteroatoms. The monoisotopic (exact) mass is 506 g/mol. The van der Waals surface area contributed by atoms with Gasteiger partial charge in [-0.25, -0.2) is 0 Å². The fourth-order valence-corrected chi connectivity index (χ4v) is 4.29. The SMILES string of the molecule is C.C.C.CCCCN1C(=O)c2ccc(C(C)(c3ccc4c(c3)C(=O)N(C)C4=O)C(F)(F)F)cc2C1=O. The van der Waals surface area contributed by atoms with Crippen molar-refractivity contribution in [2.24, 2.45) is 0 Å². The molecule has 2 heterocycles. The van der Waals surface area contributed by atoms with Crippen LogP contribution in [0.5, 0.6) is 0 Å². The topological polar surface area (TPSA) is 74.8 Å². The quantitative estimate of drug-likeness (QED) is 0.460. The average Bonchev–Trinajstić information content (AvgIpc) is 3.15. The number of hydrogen-bond donors (Lipinski definition) is 0. The molecule has 1 unspecified atom stereocenters. The van der Waals surface area contributed by atoms with Gasteiger partial charge in [-0.05, 0) is 48.7 Å². The molecule has 0 saturated carbocycles. The van der Waals surface area contributed by atoms with Crippen LogP contribution in [0.2, 0.25) is 0 Å².